The predicted molar refractivity (Wildman–Crippen MR) is 141 cm³/mol. The molecule has 5 rings (SSSR count). The predicted octanol–water partition coefficient (Wildman–Crippen LogP) is 6.04. The molecule has 1 fully saturated rings. The third-order valence-corrected chi connectivity index (χ3v) is 7.01. The fourth-order valence-corrected chi connectivity index (χ4v) is 5.21. The Morgan fingerprint density at radius 1 is 0.865 bits per heavy atom. The largest absolute Gasteiger partial charge is 0.435 e. The Balaban J connectivity index is 1.21. The van der Waals surface area contributed by atoms with Crippen LogP contribution in [0.5, 0.6) is 5.75 Å². The summed E-state index contributed by atoms with van der Waals surface area (Å²) >= 11 is 1.32. The molecule has 0 saturated carbocycles. The molecular formula is C28H26F2N4O2S. The van der Waals surface area contributed by atoms with E-state index in [4.69, 9.17) is 0 Å². The maximum atomic E-state index is 13.2. The number of carbonyl (C=O) groups is 1. The number of amides is 1. The molecule has 0 aliphatic carbocycles. The van der Waals surface area contributed by atoms with Gasteiger partial charge < -0.3 is 15.0 Å². The van der Waals surface area contributed by atoms with Crippen LogP contribution in [-0.2, 0) is 0 Å². The van der Waals surface area contributed by atoms with Crippen molar-refractivity contribution in [3.05, 3.63) is 107 Å². The zero-order chi connectivity index (χ0) is 25.6. The first-order valence-corrected chi connectivity index (χ1v) is 12.9. The minimum atomic E-state index is -2.87. The maximum Gasteiger partial charge on any atom is 0.387 e. The Labute approximate surface area is 218 Å². The number of nitrogens with one attached hydrogen (secondary N) is 1. The second kappa shape index (κ2) is 11.5. The Bertz CT molecular complexity index is 1260. The lowest BCUT2D eigenvalue weighted by atomic mass is 9.96. The van der Waals surface area contributed by atoms with Gasteiger partial charge in [-0.1, -0.05) is 60.7 Å². The molecular weight excluding hydrogens is 494 g/mol. The second-order valence-electron chi connectivity index (χ2n) is 8.62. The molecule has 1 N–H and O–H groups in total. The van der Waals surface area contributed by atoms with Crippen LogP contribution in [-0.4, -0.2) is 53.5 Å². The lowest BCUT2D eigenvalue weighted by Gasteiger charge is -2.39. The van der Waals surface area contributed by atoms with Gasteiger partial charge in [0.1, 0.15) is 11.4 Å². The van der Waals surface area contributed by atoms with Gasteiger partial charge in [-0.15, -0.1) is 11.3 Å². The van der Waals surface area contributed by atoms with Gasteiger partial charge in [0.15, 0.2) is 5.13 Å². The van der Waals surface area contributed by atoms with Crippen molar-refractivity contribution < 1.29 is 18.3 Å². The Morgan fingerprint density at radius 3 is 2.03 bits per heavy atom. The SMILES string of the molecule is O=C(c1csc(Nc2ccc(OC(F)F)cc2)n1)N1CCN(C(c2ccccc2)c2ccccc2)CC1. The molecule has 190 valence electrons. The number of rotatable bonds is 8. The third kappa shape index (κ3) is 6.12. The number of alkyl halides is 2. The highest BCUT2D eigenvalue weighted by molar-refractivity contribution is 7.14. The van der Waals surface area contributed by atoms with Crippen molar-refractivity contribution in [3.63, 3.8) is 0 Å². The highest BCUT2D eigenvalue weighted by atomic mass is 32.1. The molecule has 3 aromatic carbocycles. The molecule has 0 spiro atoms. The molecule has 1 saturated heterocycles. The number of benzene rings is 3. The molecule has 0 atom stereocenters. The minimum absolute atomic E-state index is 0.0801. The fourth-order valence-electron chi connectivity index (χ4n) is 4.50. The maximum absolute atomic E-state index is 13.2. The highest BCUT2D eigenvalue weighted by Crippen LogP contribution is 2.30. The van der Waals surface area contributed by atoms with E-state index in [1.54, 1.807) is 17.5 Å². The van der Waals surface area contributed by atoms with Gasteiger partial charge in [0.25, 0.3) is 5.91 Å². The molecule has 1 aliphatic heterocycles. The monoisotopic (exact) mass is 520 g/mol. The van der Waals surface area contributed by atoms with E-state index in [0.717, 1.165) is 13.1 Å². The van der Waals surface area contributed by atoms with Gasteiger partial charge >= 0.3 is 6.61 Å². The standard InChI is InChI=1S/C28H26F2N4O2S/c29-27(30)36-23-13-11-22(12-14-23)31-28-32-24(19-37-28)26(35)34-17-15-33(16-18-34)25(20-7-3-1-4-8-20)21-9-5-2-6-10-21/h1-14,19,25,27H,15-18H2,(H,31,32). The van der Waals surface area contributed by atoms with Crippen LogP contribution in [0.1, 0.15) is 27.7 Å². The number of hydrogen-bond donors (Lipinski definition) is 1. The van der Waals surface area contributed by atoms with Crippen molar-refractivity contribution in [3.8, 4) is 5.75 Å². The molecule has 1 aliphatic rings. The van der Waals surface area contributed by atoms with Crippen LogP contribution in [0.15, 0.2) is 90.3 Å². The summed E-state index contributed by atoms with van der Waals surface area (Å²) < 4.78 is 29.0. The van der Waals surface area contributed by atoms with Crippen molar-refractivity contribution in [1.82, 2.24) is 14.8 Å². The molecule has 9 heteroatoms. The number of thiazole rings is 1. The summed E-state index contributed by atoms with van der Waals surface area (Å²) in [5.41, 5.74) is 3.52. The van der Waals surface area contributed by atoms with Crippen molar-refractivity contribution in [2.24, 2.45) is 0 Å². The first-order valence-electron chi connectivity index (χ1n) is 12.0. The summed E-state index contributed by atoms with van der Waals surface area (Å²) in [5.74, 6) is -0.0166. The summed E-state index contributed by atoms with van der Waals surface area (Å²) in [7, 11) is 0. The topological polar surface area (TPSA) is 57.7 Å². The van der Waals surface area contributed by atoms with E-state index in [2.05, 4.69) is 68.5 Å². The Hall–Kier alpha value is -3.82. The van der Waals surface area contributed by atoms with Gasteiger partial charge in [0.2, 0.25) is 0 Å². The van der Waals surface area contributed by atoms with Gasteiger partial charge in [-0.3, -0.25) is 9.69 Å². The van der Waals surface area contributed by atoms with E-state index in [0.29, 0.717) is 29.6 Å². The van der Waals surface area contributed by atoms with Gasteiger partial charge in [0, 0.05) is 37.2 Å². The fraction of sp³-hybridized carbons (Fsp3) is 0.214. The first-order chi connectivity index (χ1) is 18.1. The molecule has 0 bridgehead atoms. The van der Waals surface area contributed by atoms with Crippen LogP contribution < -0.4 is 10.1 Å². The Morgan fingerprint density at radius 2 is 1.46 bits per heavy atom. The Kier molecular flexibility index (Phi) is 7.72. The van der Waals surface area contributed by atoms with Crippen molar-refractivity contribution >= 4 is 28.1 Å². The molecule has 1 aromatic heterocycles. The summed E-state index contributed by atoms with van der Waals surface area (Å²) in [6, 6.07) is 27.2. The number of halogens is 2. The number of anilines is 2. The normalized spacial score (nSPS) is 14.2. The van der Waals surface area contributed by atoms with Crippen LogP contribution in [0.2, 0.25) is 0 Å². The van der Waals surface area contributed by atoms with Gasteiger partial charge in [0.05, 0.1) is 6.04 Å². The van der Waals surface area contributed by atoms with Gasteiger partial charge in [-0.25, -0.2) is 4.98 Å². The number of carbonyl (C=O) groups excluding carboxylic acids is 1. The van der Waals surface area contributed by atoms with E-state index < -0.39 is 6.61 Å². The number of aromatic nitrogens is 1. The number of hydrogen-bond acceptors (Lipinski definition) is 6. The molecule has 4 aromatic rings. The van der Waals surface area contributed by atoms with Crippen molar-refractivity contribution in [2.75, 3.05) is 31.5 Å². The summed E-state index contributed by atoms with van der Waals surface area (Å²) in [6.45, 7) is -0.136. The lowest BCUT2D eigenvalue weighted by molar-refractivity contribution is -0.0498. The summed E-state index contributed by atoms with van der Waals surface area (Å²) in [5, 5.41) is 5.40. The number of nitrogens with zero attached hydrogens (tertiary/aromatic N) is 3. The first kappa shape index (κ1) is 24.9. The molecule has 37 heavy (non-hydrogen) atoms. The average Bonchev–Trinajstić information content (AvgIpc) is 3.39. The van der Waals surface area contributed by atoms with Gasteiger partial charge in [-0.2, -0.15) is 8.78 Å². The van der Waals surface area contributed by atoms with E-state index in [9.17, 15) is 13.6 Å². The molecule has 0 radical (unpaired) electrons. The zero-order valence-electron chi connectivity index (χ0n) is 20.0. The molecule has 6 nitrogen and oxygen atoms in total. The van der Waals surface area contributed by atoms with E-state index >= 15 is 0 Å². The third-order valence-electron chi connectivity index (χ3n) is 6.25. The van der Waals surface area contributed by atoms with E-state index in [1.807, 2.05) is 17.0 Å². The number of piperazine rings is 1. The molecule has 0 unspecified atom stereocenters. The van der Waals surface area contributed by atoms with Crippen LogP contribution >= 0.6 is 11.3 Å². The van der Waals surface area contributed by atoms with E-state index in [1.165, 1.54) is 34.6 Å². The molecule has 2 heterocycles. The quantitative estimate of drug-likeness (QED) is 0.307. The van der Waals surface area contributed by atoms with Crippen molar-refractivity contribution in [1.29, 1.82) is 0 Å². The van der Waals surface area contributed by atoms with E-state index in [-0.39, 0.29) is 17.7 Å². The van der Waals surface area contributed by atoms with Gasteiger partial charge in [-0.05, 0) is 35.4 Å². The van der Waals surface area contributed by atoms with Crippen molar-refractivity contribution in [2.45, 2.75) is 12.7 Å². The lowest BCUT2D eigenvalue weighted by Crippen LogP contribution is -2.50. The van der Waals surface area contributed by atoms with Crippen LogP contribution in [0.25, 0.3) is 0 Å². The average molecular weight is 521 g/mol. The highest BCUT2D eigenvalue weighted by Gasteiger charge is 2.29. The molecule has 1 amide bonds. The summed E-state index contributed by atoms with van der Waals surface area (Å²) in [6.07, 6.45) is 0. The zero-order valence-corrected chi connectivity index (χ0v) is 20.8. The number of ether oxygens (including phenoxy) is 1. The second-order valence-corrected chi connectivity index (χ2v) is 9.48. The van der Waals surface area contributed by atoms with Crippen LogP contribution in [0.4, 0.5) is 19.6 Å². The minimum Gasteiger partial charge on any atom is -0.435 e. The summed E-state index contributed by atoms with van der Waals surface area (Å²) in [4.78, 5) is 21.9. The van der Waals surface area contributed by atoms with Crippen LogP contribution in [0, 0.1) is 0 Å². The smallest absolute Gasteiger partial charge is 0.387 e. The van der Waals surface area contributed by atoms with Crippen LogP contribution in [0.3, 0.4) is 0 Å².